The van der Waals surface area contributed by atoms with Gasteiger partial charge in [-0.25, -0.2) is 0 Å². The quantitative estimate of drug-likeness (QED) is 0.301. The lowest BCUT2D eigenvalue weighted by atomic mass is 9.92. The molecule has 0 aromatic rings. The highest BCUT2D eigenvalue weighted by Gasteiger charge is 2.19. The minimum atomic E-state index is -0.379. The zero-order valence-corrected chi connectivity index (χ0v) is 12.4. The summed E-state index contributed by atoms with van der Waals surface area (Å²) in [4.78, 5) is 15.9. The lowest BCUT2D eigenvalue weighted by molar-refractivity contribution is -0.124. The summed E-state index contributed by atoms with van der Waals surface area (Å²) >= 11 is 0. The van der Waals surface area contributed by atoms with Crippen LogP contribution in [0.5, 0.6) is 0 Å². The Hall–Kier alpha value is -1.10. The first-order chi connectivity index (χ1) is 8.99. The molecule has 0 saturated heterocycles. The zero-order chi connectivity index (χ0) is 14.7. The highest BCUT2D eigenvalue weighted by atomic mass is 16.1. The molecule has 112 valence electrons. The monoisotopic (exact) mass is 270 g/mol. The van der Waals surface area contributed by atoms with Crippen molar-refractivity contribution < 1.29 is 4.79 Å². The van der Waals surface area contributed by atoms with Crippen molar-refractivity contribution in [2.75, 3.05) is 6.54 Å². The highest BCUT2D eigenvalue weighted by molar-refractivity contribution is 5.85. The number of nitrogens with two attached hydrogens (primary N) is 3. The van der Waals surface area contributed by atoms with Gasteiger partial charge in [0, 0.05) is 12.5 Å². The predicted molar refractivity (Wildman–Crippen MR) is 80.8 cm³/mol. The van der Waals surface area contributed by atoms with Crippen molar-refractivity contribution >= 4 is 11.7 Å². The molecular weight excluding hydrogens is 240 g/mol. The summed E-state index contributed by atoms with van der Waals surface area (Å²) in [5.74, 6) is 0.320. The summed E-state index contributed by atoms with van der Waals surface area (Å²) < 4.78 is 0. The van der Waals surface area contributed by atoms with E-state index in [-0.39, 0.29) is 23.7 Å². The van der Waals surface area contributed by atoms with Gasteiger partial charge in [0.2, 0.25) is 0 Å². The predicted octanol–water partition coefficient (Wildman–Crippen LogP) is 1.54. The van der Waals surface area contributed by atoms with Gasteiger partial charge in [0.25, 0.3) is 0 Å². The van der Waals surface area contributed by atoms with Gasteiger partial charge in [-0.15, -0.1) is 0 Å². The maximum Gasteiger partial charge on any atom is 0.185 e. The van der Waals surface area contributed by atoms with Crippen molar-refractivity contribution in [3.63, 3.8) is 0 Å². The molecular formula is C14H30N4O. The largest absolute Gasteiger partial charge is 0.370 e. The molecule has 0 rings (SSSR count). The Morgan fingerprint density at radius 1 is 1.11 bits per heavy atom. The molecule has 0 radical (unpaired) electrons. The highest BCUT2D eigenvalue weighted by Crippen LogP contribution is 2.14. The molecule has 1 unspecified atom stereocenters. The van der Waals surface area contributed by atoms with E-state index in [2.05, 4.69) is 11.9 Å². The molecule has 6 N–H and O–H groups in total. The Labute approximate surface area is 117 Å². The number of hydrogen-bond donors (Lipinski definition) is 3. The first-order valence-electron chi connectivity index (χ1n) is 7.33. The Morgan fingerprint density at radius 2 is 1.79 bits per heavy atom. The third-order valence-corrected chi connectivity index (χ3v) is 3.31. The van der Waals surface area contributed by atoms with Gasteiger partial charge in [-0.2, -0.15) is 0 Å². The summed E-state index contributed by atoms with van der Waals surface area (Å²) in [5, 5.41) is 0. The summed E-state index contributed by atoms with van der Waals surface area (Å²) in [6.45, 7) is 4.69. The molecule has 2 atom stereocenters. The van der Waals surface area contributed by atoms with E-state index in [1.807, 2.05) is 6.92 Å². The number of aliphatic imine (C=N–C) groups is 1. The van der Waals surface area contributed by atoms with Crippen LogP contribution in [0.25, 0.3) is 0 Å². The van der Waals surface area contributed by atoms with Crippen molar-refractivity contribution in [2.24, 2.45) is 28.1 Å². The number of carbonyl (C=O) groups is 1. The van der Waals surface area contributed by atoms with Gasteiger partial charge in [-0.05, 0) is 19.3 Å². The molecule has 0 amide bonds. The molecule has 0 fully saturated rings. The molecule has 0 aromatic carbocycles. The normalized spacial score (nSPS) is 13.8. The molecule has 0 aliphatic heterocycles. The van der Waals surface area contributed by atoms with Crippen LogP contribution < -0.4 is 17.2 Å². The van der Waals surface area contributed by atoms with Crippen molar-refractivity contribution in [1.29, 1.82) is 0 Å². The van der Waals surface area contributed by atoms with Gasteiger partial charge in [0.1, 0.15) is 0 Å². The lowest BCUT2D eigenvalue weighted by Crippen LogP contribution is -2.34. The summed E-state index contributed by atoms with van der Waals surface area (Å²) in [6.07, 6.45) is 7.11. The van der Waals surface area contributed by atoms with Gasteiger partial charge in [-0.1, -0.05) is 39.5 Å². The molecule has 5 nitrogen and oxygen atoms in total. The van der Waals surface area contributed by atoms with Crippen LogP contribution in [0.15, 0.2) is 4.99 Å². The van der Waals surface area contributed by atoms with Crippen molar-refractivity contribution in [2.45, 2.75) is 64.8 Å². The topological polar surface area (TPSA) is 107 Å². The molecule has 0 aromatic heterocycles. The van der Waals surface area contributed by atoms with E-state index in [1.54, 1.807) is 0 Å². The zero-order valence-electron chi connectivity index (χ0n) is 12.4. The Balaban J connectivity index is 3.81. The third-order valence-electron chi connectivity index (χ3n) is 3.31. The first-order valence-corrected chi connectivity index (χ1v) is 7.33. The fraction of sp³-hybridized carbons (Fsp3) is 0.857. The van der Waals surface area contributed by atoms with E-state index in [0.717, 1.165) is 19.3 Å². The average Bonchev–Trinajstić information content (AvgIpc) is 2.38. The smallest absolute Gasteiger partial charge is 0.185 e. The number of ketones is 1. The van der Waals surface area contributed by atoms with E-state index in [1.165, 1.54) is 19.3 Å². The van der Waals surface area contributed by atoms with Crippen LogP contribution in [-0.2, 0) is 4.79 Å². The molecule has 0 saturated carbocycles. The number of Topliss-reactive ketones (excluding diaryl/α,β-unsaturated/α-hetero) is 1. The van der Waals surface area contributed by atoms with E-state index in [0.29, 0.717) is 13.0 Å². The van der Waals surface area contributed by atoms with Crippen molar-refractivity contribution in [1.82, 2.24) is 0 Å². The second-order valence-electron chi connectivity index (χ2n) is 5.21. The van der Waals surface area contributed by atoms with Crippen LogP contribution in [0.3, 0.4) is 0 Å². The van der Waals surface area contributed by atoms with E-state index in [9.17, 15) is 4.79 Å². The maximum absolute atomic E-state index is 12.0. The summed E-state index contributed by atoms with van der Waals surface area (Å²) in [5.41, 5.74) is 16.4. The first kappa shape index (κ1) is 17.9. The van der Waals surface area contributed by atoms with Gasteiger partial charge < -0.3 is 17.2 Å². The van der Waals surface area contributed by atoms with Gasteiger partial charge in [0.05, 0.1) is 6.04 Å². The lowest BCUT2D eigenvalue weighted by Gasteiger charge is -2.15. The standard InChI is InChI=1S/C14H30N4O/c1-3-4-5-6-8-11(2)13(19)12(15)9-7-10-18-14(16)17/h11-12H,3-10,15H2,1-2H3,(H4,16,17,18)/t11?,12-/m0/s1. The summed E-state index contributed by atoms with van der Waals surface area (Å²) in [6, 6.07) is -0.379. The Kier molecular flexibility index (Phi) is 10.2. The molecule has 0 aliphatic carbocycles. The maximum atomic E-state index is 12.0. The fourth-order valence-electron chi connectivity index (χ4n) is 2.05. The number of rotatable bonds is 11. The third kappa shape index (κ3) is 9.47. The van der Waals surface area contributed by atoms with Crippen LogP contribution in [0.4, 0.5) is 0 Å². The van der Waals surface area contributed by atoms with E-state index in [4.69, 9.17) is 17.2 Å². The van der Waals surface area contributed by atoms with Gasteiger partial charge >= 0.3 is 0 Å². The van der Waals surface area contributed by atoms with E-state index >= 15 is 0 Å². The number of unbranched alkanes of at least 4 members (excludes halogenated alkanes) is 3. The number of guanidine groups is 1. The number of carbonyl (C=O) groups excluding carboxylic acids is 1. The Bertz CT molecular complexity index is 275. The average molecular weight is 270 g/mol. The van der Waals surface area contributed by atoms with Crippen LogP contribution in [0.2, 0.25) is 0 Å². The van der Waals surface area contributed by atoms with Crippen LogP contribution in [-0.4, -0.2) is 24.3 Å². The minimum absolute atomic E-state index is 0.0648. The Morgan fingerprint density at radius 3 is 2.37 bits per heavy atom. The second-order valence-corrected chi connectivity index (χ2v) is 5.21. The van der Waals surface area contributed by atoms with Gasteiger partial charge in [0.15, 0.2) is 11.7 Å². The van der Waals surface area contributed by atoms with Crippen LogP contribution in [0, 0.1) is 5.92 Å². The molecule has 19 heavy (non-hydrogen) atoms. The molecule has 0 bridgehead atoms. The second kappa shape index (κ2) is 10.8. The fourth-order valence-corrected chi connectivity index (χ4v) is 2.05. The van der Waals surface area contributed by atoms with Crippen LogP contribution in [0.1, 0.15) is 58.8 Å². The van der Waals surface area contributed by atoms with Crippen molar-refractivity contribution in [3.05, 3.63) is 0 Å². The van der Waals surface area contributed by atoms with E-state index < -0.39 is 0 Å². The van der Waals surface area contributed by atoms with Gasteiger partial charge in [-0.3, -0.25) is 9.79 Å². The van der Waals surface area contributed by atoms with Crippen molar-refractivity contribution in [3.8, 4) is 0 Å². The number of hydrogen-bond acceptors (Lipinski definition) is 3. The number of nitrogens with zero attached hydrogens (tertiary/aromatic N) is 1. The minimum Gasteiger partial charge on any atom is -0.370 e. The molecule has 5 heteroatoms. The molecule has 0 aliphatic rings. The molecule has 0 heterocycles. The van der Waals surface area contributed by atoms with Crippen LogP contribution >= 0.6 is 0 Å². The molecule has 0 spiro atoms. The summed E-state index contributed by atoms with van der Waals surface area (Å²) in [7, 11) is 0. The SMILES string of the molecule is CCCCCCC(C)C(=O)[C@@H](N)CCCN=C(N)N.